The average molecular weight is 377 g/mol. The largest absolute Gasteiger partial charge is 0.295 e. The fourth-order valence-corrected chi connectivity index (χ4v) is 8.35. The first-order valence-electron chi connectivity index (χ1n) is 9.30. The fourth-order valence-electron chi connectivity index (χ4n) is 6.33. The number of allylic oxidation sites excluding steroid dienone is 3. The molecule has 7 heteroatoms. The molecule has 0 aromatic rings. The summed E-state index contributed by atoms with van der Waals surface area (Å²) in [5.74, 6) is -1.72. The van der Waals surface area contributed by atoms with Crippen LogP contribution in [0, 0.1) is 35.0 Å². The van der Waals surface area contributed by atoms with E-state index in [1.54, 1.807) is 0 Å². The molecule has 6 unspecified atom stereocenters. The van der Waals surface area contributed by atoms with Crippen molar-refractivity contribution >= 4 is 21.9 Å². The molecule has 4 aliphatic carbocycles. The van der Waals surface area contributed by atoms with Gasteiger partial charge in [-0.3, -0.25) is 9.59 Å². The third-order valence-electron chi connectivity index (χ3n) is 7.99. The van der Waals surface area contributed by atoms with E-state index in [4.69, 9.17) is 4.28 Å². The minimum Gasteiger partial charge on any atom is -0.272 e. The first-order valence-corrected chi connectivity index (χ1v) is 10.7. The van der Waals surface area contributed by atoms with Crippen LogP contribution in [-0.4, -0.2) is 30.0 Å². The van der Waals surface area contributed by atoms with Crippen LogP contribution in [0.2, 0.25) is 0 Å². The summed E-state index contributed by atoms with van der Waals surface area (Å²) in [5, 5.41) is 0.566. The zero-order chi connectivity index (χ0) is 18.6. The van der Waals surface area contributed by atoms with Crippen molar-refractivity contribution in [1.82, 2.24) is 5.06 Å². The number of hydroxylamine groups is 2. The number of hydrogen-bond donors (Lipinski definition) is 0. The molecule has 1 saturated heterocycles. The normalized spacial score (nSPS) is 45.2. The van der Waals surface area contributed by atoms with E-state index in [1.165, 1.54) is 0 Å². The van der Waals surface area contributed by atoms with E-state index in [0.29, 0.717) is 17.9 Å². The molecule has 4 bridgehead atoms. The Kier molecular flexibility index (Phi) is 3.00. The monoisotopic (exact) mass is 377 g/mol. The summed E-state index contributed by atoms with van der Waals surface area (Å²) in [6, 6.07) is 0. The molecular weight excluding hydrogens is 354 g/mol. The van der Waals surface area contributed by atoms with E-state index >= 15 is 0 Å². The maximum absolute atomic E-state index is 13.3. The molecule has 140 valence electrons. The molecule has 5 aliphatic rings. The van der Waals surface area contributed by atoms with Gasteiger partial charge >= 0.3 is 0 Å². The van der Waals surface area contributed by atoms with Gasteiger partial charge in [-0.15, -0.1) is 9.35 Å². The Hall–Kier alpha value is -1.47. The van der Waals surface area contributed by atoms with E-state index in [1.807, 2.05) is 26.0 Å². The summed E-state index contributed by atoms with van der Waals surface area (Å²) in [4.78, 5) is 25.5. The summed E-state index contributed by atoms with van der Waals surface area (Å²) in [5.41, 5.74) is 0.283. The number of imide groups is 1. The number of nitrogens with zero attached hydrogens (tertiary/aromatic N) is 1. The molecule has 2 amide bonds. The Labute approximate surface area is 153 Å². The Bertz CT molecular complexity index is 858. The quantitative estimate of drug-likeness (QED) is 0.556. The van der Waals surface area contributed by atoms with Gasteiger partial charge in [0, 0.05) is 5.41 Å². The predicted octanol–water partition coefficient (Wildman–Crippen LogP) is 2.19. The summed E-state index contributed by atoms with van der Waals surface area (Å²) in [6.45, 7) is 7.86. The van der Waals surface area contributed by atoms with Gasteiger partial charge in [-0.2, -0.15) is 8.42 Å². The van der Waals surface area contributed by atoms with Gasteiger partial charge < -0.3 is 0 Å². The number of hydrogen-bond acceptors (Lipinski definition) is 5. The Morgan fingerprint density at radius 3 is 2.23 bits per heavy atom. The second-order valence-electron chi connectivity index (χ2n) is 9.08. The van der Waals surface area contributed by atoms with Crippen molar-refractivity contribution in [3.05, 3.63) is 24.3 Å². The van der Waals surface area contributed by atoms with Gasteiger partial charge in [-0.05, 0) is 43.4 Å². The molecule has 0 aromatic carbocycles. The number of rotatable bonds is 3. The van der Waals surface area contributed by atoms with Crippen molar-refractivity contribution in [2.75, 3.05) is 0 Å². The lowest BCUT2D eigenvalue weighted by molar-refractivity contribution is -0.167. The highest BCUT2D eigenvalue weighted by molar-refractivity contribution is 7.88. The number of fused-ring (bicyclic) bond motifs is 7. The lowest BCUT2D eigenvalue weighted by Crippen LogP contribution is -2.51. The zero-order valence-electron chi connectivity index (χ0n) is 15.0. The van der Waals surface area contributed by atoms with Gasteiger partial charge in [0.05, 0.1) is 11.8 Å². The van der Waals surface area contributed by atoms with Crippen LogP contribution in [0.1, 0.15) is 39.5 Å². The molecule has 3 saturated carbocycles. The molecule has 6 atom stereocenters. The van der Waals surface area contributed by atoms with Gasteiger partial charge in [0.2, 0.25) is 0 Å². The van der Waals surface area contributed by atoms with Crippen LogP contribution in [-0.2, 0) is 24.0 Å². The highest BCUT2D eigenvalue weighted by atomic mass is 32.2. The molecule has 0 aromatic heterocycles. The molecule has 5 rings (SSSR count). The topological polar surface area (TPSA) is 80.8 Å². The number of carbonyl (C=O) groups excluding carboxylic acids is 2. The molecule has 26 heavy (non-hydrogen) atoms. The van der Waals surface area contributed by atoms with Gasteiger partial charge in [-0.25, -0.2) is 0 Å². The van der Waals surface area contributed by atoms with Crippen LogP contribution in [0.4, 0.5) is 0 Å². The molecule has 1 heterocycles. The van der Waals surface area contributed by atoms with Crippen LogP contribution in [0.25, 0.3) is 0 Å². The smallest absolute Gasteiger partial charge is 0.272 e. The summed E-state index contributed by atoms with van der Waals surface area (Å²) >= 11 is 0. The van der Waals surface area contributed by atoms with E-state index in [2.05, 4.69) is 6.58 Å². The summed E-state index contributed by atoms with van der Waals surface area (Å²) in [6.07, 6.45) is 6.43. The van der Waals surface area contributed by atoms with E-state index in [9.17, 15) is 18.0 Å². The molecule has 0 spiro atoms. The van der Waals surface area contributed by atoms with E-state index < -0.39 is 43.9 Å². The highest BCUT2D eigenvalue weighted by Gasteiger charge is 2.68. The minimum absolute atomic E-state index is 0.0227. The van der Waals surface area contributed by atoms with Gasteiger partial charge in [-0.1, -0.05) is 38.2 Å². The van der Waals surface area contributed by atoms with Crippen molar-refractivity contribution in [2.24, 2.45) is 35.0 Å². The Morgan fingerprint density at radius 2 is 1.73 bits per heavy atom. The lowest BCUT2D eigenvalue weighted by Gasteiger charge is -2.41. The van der Waals surface area contributed by atoms with Crippen LogP contribution in [0.5, 0.6) is 0 Å². The standard InChI is InChI=1S/C19H23NO5S/c1-10-13-6-7-19(9-13,18(10,2)3)26(23,24)25-20-16(21)14-11-4-5-12(8-11)15(14)17(20)22/h4-5,11-15H,1,6-9H2,2-3H3. The van der Waals surface area contributed by atoms with Crippen molar-refractivity contribution in [3.63, 3.8) is 0 Å². The molecule has 0 radical (unpaired) electrons. The number of amides is 2. The van der Waals surface area contributed by atoms with Crippen LogP contribution < -0.4 is 0 Å². The van der Waals surface area contributed by atoms with Crippen LogP contribution >= 0.6 is 0 Å². The van der Waals surface area contributed by atoms with Crippen LogP contribution in [0.15, 0.2) is 24.3 Å². The minimum atomic E-state index is -4.16. The molecule has 1 aliphatic heterocycles. The Balaban J connectivity index is 1.48. The van der Waals surface area contributed by atoms with Crippen molar-refractivity contribution in [1.29, 1.82) is 0 Å². The maximum atomic E-state index is 13.3. The van der Waals surface area contributed by atoms with Gasteiger partial charge in [0.15, 0.2) is 0 Å². The molecular formula is C19H23NO5S. The molecule has 4 fully saturated rings. The Morgan fingerprint density at radius 1 is 1.15 bits per heavy atom. The van der Waals surface area contributed by atoms with Crippen LogP contribution in [0.3, 0.4) is 0 Å². The zero-order valence-corrected chi connectivity index (χ0v) is 15.8. The second-order valence-corrected chi connectivity index (χ2v) is 10.9. The van der Waals surface area contributed by atoms with Crippen molar-refractivity contribution in [3.8, 4) is 0 Å². The second kappa shape index (κ2) is 4.68. The van der Waals surface area contributed by atoms with E-state index in [0.717, 1.165) is 18.4 Å². The molecule has 0 N–H and O–H groups in total. The maximum Gasteiger partial charge on any atom is 0.295 e. The van der Waals surface area contributed by atoms with Gasteiger partial charge in [0.1, 0.15) is 4.75 Å². The van der Waals surface area contributed by atoms with Crippen molar-refractivity contribution in [2.45, 2.75) is 44.3 Å². The third kappa shape index (κ3) is 1.65. The fraction of sp³-hybridized carbons (Fsp3) is 0.684. The third-order valence-corrected chi connectivity index (χ3v) is 10.2. The average Bonchev–Trinajstić information content (AvgIpc) is 3.34. The first-order chi connectivity index (χ1) is 12.1. The summed E-state index contributed by atoms with van der Waals surface area (Å²) in [7, 11) is -4.16. The van der Waals surface area contributed by atoms with Gasteiger partial charge in [0.25, 0.3) is 21.9 Å². The number of carbonyl (C=O) groups is 2. The first kappa shape index (κ1) is 16.7. The SMILES string of the molecule is C=C1C2CCC(S(=O)(=O)ON3C(=O)C4C5C=CC(C5)C4C3=O)(C2)C1(C)C. The highest BCUT2D eigenvalue weighted by Crippen LogP contribution is 2.65. The summed E-state index contributed by atoms with van der Waals surface area (Å²) < 4.78 is 30.8. The van der Waals surface area contributed by atoms with E-state index in [-0.39, 0.29) is 17.8 Å². The predicted molar refractivity (Wildman–Crippen MR) is 92.6 cm³/mol. The van der Waals surface area contributed by atoms with Crippen molar-refractivity contribution < 1.29 is 22.3 Å². The molecule has 6 nitrogen and oxygen atoms in total. The lowest BCUT2D eigenvalue weighted by atomic mass is 9.73.